The van der Waals surface area contributed by atoms with Crippen molar-refractivity contribution in [1.82, 2.24) is 0 Å². The molecule has 0 bridgehead atoms. The summed E-state index contributed by atoms with van der Waals surface area (Å²) in [5.41, 5.74) is 0.0199. The highest BCUT2D eigenvalue weighted by atomic mass is 127. The molecule has 0 aliphatic carbocycles. The first-order valence-corrected chi connectivity index (χ1v) is 4.75. The van der Waals surface area contributed by atoms with E-state index in [-0.39, 0.29) is 22.9 Å². The second-order valence-corrected chi connectivity index (χ2v) is 3.96. The Labute approximate surface area is 92.8 Å². The summed E-state index contributed by atoms with van der Waals surface area (Å²) in [6, 6.07) is 3.02. The van der Waals surface area contributed by atoms with Crippen LogP contribution in [0.5, 0.6) is 0 Å². The summed E-state index contributed by atoms with van der Waals surface area (Å²) in [5.74, 6) is 0. The fourth-order valence-corrected chi connectivity index (χ4v) is 2.12. The zero-order valence-electron chi connectivity index (χ0n) is 6.33. The molecule has 0 radical (unpaired) electrons. The Kier molecular flexibility index (Phi) is 3.46. The molecule has 0 aliphatic heterocycles. The molecule has 0 heterocycles. The highest BCUT2D eigenvalue weighted by Gasteiger charge is 2.18. The minimum atomic E-state index is -0.593. The number of benzene rings is 1. The molecule has 0 spiro atoms. The van der Waals surface area contributed by atoms with Crippen LogP contribution in [0.4, 0.5) is 5.69 Å². The molecule has 0 atom stereocenters. The summed E-state index contributed by atoms with van der Waals surface area (Å²) in [6.07, 6.45) is 0. The van der Waals surface area contributed by atoms with Gasteiger partial charge in [0, 0.05) is 3.57 Å². The molecule has 0 saturated heterocycles. The predicted molar refractivity (Wildman–Crippen MR) is 56.7 cm³/mol. The van der Waals surface area contributed by atoms with Crippen LogP contribution in [0.25, 0.3) is 0 Å². The SMILES string of the molecule is O=[N+]([O-])c1c(Cl)cc(I)cc1CO. The zero-order valence-corrected chi connectivity index (χ0v) is 9.24. The quantitative estimate of drug-likeness (QED) is 0.518. The maximum absolute atomic E-state index is 10.5. The Hall–Kier alpha value is -0.400. The van der Waals surface area contributed by atoms with Crippen LogP contribution in [-0.2, 0) is 6.61 Å². The van der Waals surface area contributed by atoms with Gasteiger partial charge in [0.2, 0.25) is 0 Å². The monoisotopic (exact) mass is 313 g/mol. The number of nitro benzene ring substituents is 1. The van der Waals surface area contributed by atoms with Crippen molar-refractivity contribution < 1.29 is 10.0 Å². The molecule has 13 heavy (non-hydrogen) atoms. The van der Waals surface area contributed by atoms with Crippen molar-refractivity contribution >= 4 is 39.9 Å². The van der Waals surface area contributed by atoms with Crippen molar-refractivity contribution in [2.45, 2.75) is 6.61 Å². The molecule has 1 rings (SSSR count). The van der Waals surface area contributed by atoms with Crippen molar-refractivity contribution in [2.75, 3.05) is 0 Å². The van der Waals surface area contributed by atoms with Gasteiger partial charge in [-0.2, -0.15) is 0 Å². The van der Waals surface area contributed by atoms with E-state index in [2.05, 4.69) is 0 Å². The number of hydrogen-bond donors (Lipinski definition) is 1. The molecule has 4 nitrogen and oxygen atoms in total. The molecule has 0 saturated carbocycles. The van der Waals surface area contributed by atoms with Gasteiger partial charge in [-0.05, 0) is 34.7 Å². The van der Waals surface area contributed by atoms with Gasteiger partial charge in [0.25, 0.3) is 5.69 Å². The Bertz CT molecular complexity index is 356. The van der Waals surface area contributed by atoms with Gasteiger partial charge in [0.1, 0.15) is 5.02 Å². The Balaban J connectivity index is 3.38. The first-order valence-electron chi connectivity index (χ1n) is 3.29. The van der Waals surface area contributed by atoms with E-state index in [1.54, 1.807) is 0 Å². The smallest absolute Gasteiger partial charge is 0.293 e. The summed E-state index contributed by atoms with van der Waals surface area (Å²) in [6.45, 7) is -0.382. The van der Waals surface area contributed by atoms with E-state index >= 15 is 0 Å². The largest absolute Gasteiger partial charge is 0.391 e. The van der Waals surface area contributed by atoms with E-state index in [1.165, 1.54) is 12.1 Å². The molecule has 0 fully saturated rings. The summed E-state index contributed by atoms with van der Waals surface area (Å²) in [4.78, 5) is 9.93. The van der Waals surface area contributed by atoms with Gasteiger partial charge < -0.3 is 5.11 Å². The second kappa shape index (κ2) is 4.21. The summed E-state index contributed by atoms with van der Waals surface area (Å²) in [7, 11) is 0. The zero-order chi connectivity index (χ0) is 10.0. The van der Waals surface area contributed by atoms with Crippen molar-refractivity contribution in [2.24, 2.45) is 0 Å². The van der Waals surface area contributed by atoms with E-state index in [4.69, 9.17) is 16.7 Å². The molecule has 1 aromatic carbocycles. The first-order chi connectivity index (χ1) is 6.06. The van der Waals surface area contributed by atoms with Crippen LogP contribution in [-0.4, -0.2) is 10.0 Å². The van der Waals surface area contributed by atoms with Crippen molar-refractivity contribution in [3.63, 3.8) is 0 Å². The van der Waals surface area contributed by atoms with E-state index in [1.807, 2.05) is 22.6 Å². The number of hydrogen-bond acceptors (Lipinski definition) is 3. The van der Waals surface area contributed by atoms with E-state index in [0.29, 0.717) is 0 Å². The van der Waals surface area contributed by atoms with Crippen LogP contribution >= 0.6 is 34.2 Å². The number of aliphatic hydroxyl groups excluding tert-OH is 1. The molecule has 70 valence electrons. The van der Waals surface area contributed by atoms with Gasteiger partial charge in [-0.15, -0.1) is 0 Å². The topological polar surface area (TPSA) is 63.4 Å². The van der Waals surface area contributed by atoms with Crippen molar-refractivity contribution in [3.05, 3.63) is 36.4 Å². The molecule has 0 unspecified atom stereocenters. The Morgan fingerprint density at radius 3 is 2.69 bits per heavy atom. The lowest BCUT2D eigenvalue weighted by atomic mass is 10.2. The minimum Gasteiger partial charge on any atom is -0.391 e. The third-order valence-electron chi connectivity index (χ3n) is 1.46. The standard InChI is InChI=1S/C7H5ClINO3/c8-6-2-5(9)1-4(3-11)7(6)10(12)13/h1-2,11H,3H2. The predicted octanol–water partition coefficient (Wildman–Crippen LogP) is 2.35. The van der Waals surface area contributed by atoms with E-state index in [9.17, 15) is 10.1 Å². The number of nitro groups is 1. The van der Waals surface area contributed by atoms with Crippen LogP contribution in [0, 0.1) is 13.7 Å². The molecule has 1 aromatic rings. The van der Waals surface area contributed by atoms with Crippen LogP contribution < -0.4 is 0 Å². The molecular formula is C7H5ClINO3. The van der Waals surface area contributed by atoms with Crippen LogP contribution in [0.15, 0.2) is 12.1 Å². The average Bonchev–Trinajstić information content (AvgIpc) is 2.01. The lowest BCUT2D eigenvalue weighted by Gasteiger charge is -2.01. The molecule has 1 N–H and O–H groups in total. The van der Waals surface area contributed by atoms with Gasteiger partial charge >= 0.3 is 0 Å². The third kappa shape index (κ3) is 2.29. The Morgan fingerprint density at radius 2 is 2.23 bits per heavy atom. The minimum absolute atomic E-state index is 0.0564. The fourth-order valence-electron chi connectivity index (χ4n) is 0.944. The number of nitrogens with zero attached hydrogens (tertiary/aromatic N) is 1. The van der Waals surface area contributed by atoms with Crippen molar-refractivity contribution in [1.29, 1.82) is 0 Å². The highest BCUT2D eigenvalue weighted by molar-refractivity contribution is 14.1. The maximum atomic E-state index is 10.5. The molecule has 0 aliphatic rings. The van der Waals surface area contributed by atoms with Gasteiger partial charge in [-0.1, -0.05) is 11.6 Å². The van der Waals surface area contributed by atoms with Gasteiger partial charge in [-0.3, -0.25) is 10.1 Å². The third-order valence-corrected chi connectivity index (χ3v) is 2.37. The van der Waals surface area contributed by atoms with Crippen LogP contribution in [0.3, 0.4) is 0 Å². The molecule has 6 heteroatoms. The first kappa shape index (κ1) is 10.7. The van der Waals surface area contributed by atoms with Crippen molar-refractivity contribution in [3.8, 4) is 0 Å². The lowest BCUT2D eigenvalue weighted by Crippen LogP contribution is -1.97. The van der Waals surface area contributed by atoms with Crippen LogP contribution in [0.2, 0.25) is 5.02 Å². The van der Waals surface area contributed by atoms with Gasteiger partial charge in [0.05, 0.1) is 17.1 Å². The molecule has 0 aromatic heterocycles. The van der Waals surface area contributed by atoms with Gasteiger partial charge in [0.15, 0.2) is 0 Å². The van der Waals surface area contributed by atoms with E-state index < -0.39 is 4.92 Å². The number of halogens is 2. The second-order valence-electron chi connectivity index (χ2n) is 2.31. The average molecular weight is 313 g/mol. The van der Waals surface area contributed by atoms with Crippen LogP contribution in [0.1, 0.15) is 5.56 Å². The Morgan fingerprint density at radius 1 is 1.62 bits per heavy atom. The summed E-state index contributed by atoms with van der Waals surface area (Å²) < 4.78 is 0.761. The molecular weight excluding hydrogens is 308 g/mol. The van der Waals surface area contributed by atoms with E-state index in [0.717, 1.165) is 3.57 Å². The lowest BCUT2D eigenvalue weighted by molar-refractivity contribution is -0.385. The highest BCUT2D eigenvalue weighted by Crippen LogP contribution is 2.30. The maximum Gasteiger partial charge on any atom is 0.293 e. The van der Waals surface area contributed by atoms with Gasteiger partial charge in [-0.25, -0.2) is 0 Å². The molecule has 0 amide bonds. The number of aliphatic hydroxyl groups is 1. The summed E-state index contributed by atoms with van der Waals surface area (Å²) in [5, 5.41) is 19.4. The number of rotatable bonds is 2. The normalized spacial score (nSPS) is 10.1. The fraction of sp³-hybridized carbons (Fsp3) is 0.143. The summed E-state index contributed by atoms with van der Waals surface area (Å²) >= 11 is 7.63.